The van der Waals surface area contributed by atoms with E-state index >= 15 is 4.39 Å². The Morgan fingerprint density at radius 1 is 1.30 bits per heavy atom. The Bertz CT molecular complexity index is 1170. The highest BCUT2D eigenvalue weighted by molar-refractivity contribution is 5.93. The average molecular weight is 412 g/mol. The van der Waals surface area contributed by atoms with Crippen LogP contribution in [0, 0.1) is 5.82 Å². The van der Waals surface area contributed by atoms with Crippen molar-refractivity contribution in [3.8, 4) is 0 Å². The second kappa shape index (κ2) is 7.19. The molecular weight excluding hydrogens is 391 g/mol. The van der Waals surface area contributed by atoms with E-state index in [2.05, 4.69) is 15.3 Å². The number of carbonyl (C=O) groups excluding carboxylic acids is 1. The molecule has 9 nitrogen and oxygen atoms in total. The van der Waals surface area contributed by atoms with Crippen LogP contribution in [0.1, 0.15) is 48.6 Å². The predicted molar refractivity (Wildman–Crippen MR) is 106 cm³/mol. The molecule has 1 saturated heterocycles. The Morgan fingerprint density at radius 2 is 2.13 bits per heavy atom. The number of pyridine rings is 2. The summed E-state index contributed by atoms with van der Waals surface area (Å²) >= 11 is 0. The molecule has 1 unspecified atom stereocenters. The summed E-state index contributed by atoms with van der Waals surface area (Å²) in [5, 5.41) is 7.97. The molecule has 1 atom stereocenters. The van der Waals surface area contributed by atoms with E-state index in [1.165, 1.54) is 12.3 Å². The van der Waals surface area contributed by atoms with Crippen LogP contribution in [0.5, 0.6) is 0 Å². The summed E-state index contributed by atoms with van der Waals surface area (Å²) in [4.78, 5) is 31.5. The van der Waals surface area contributed by atoms with E-state index in [9.17, 15) is 9.59 Å². The maximum atomic E-state index is 15.0. The fourth-order valence-electron chi connectivity index (χ4n) is 4.01. The minimum Gasteiger partial charge on any atom is -0.462 e. The van der Waals surface area contributed by atoms with E-state index < -0.39 is 17.2 Å². The number of aromatic nitrogens is 5. The number of anilines is 1. The summed E-state index contributed by atoms with van der Waals surface area (Å²) in [5.41, 5.74) is -0.242. The molecule has 4 heterocycles. The van der Waals surface area contributed by atoms with Crippen LogP contribution in [0.15, 0.2) is 29.5 Å². The fraction of sp³-hybridized carbons (Fsp3) is 0.450. The molecule has 0 N–H and O–H groups in total. The second-order valence-corrected chi connectivity index (χ2v) is 7.67. The van der Waals surface area contributed by atoms with Crippen molar-refractivity contribution in [3.63, 3.8) is 0 Å². The molecule has 0 amide bonds. The molecule has 0 spiro atoms. The Hall–Kier alpha value is -3.30. The van der Waals surface area contributed by atoms with Crippen LogP contribution >= 0.6 is 0 Å². The van der Waals surface area contributed by atoms with Gasteiger partial charge in [0.05, 0.1) is 24.2 Å². The fourth-order valence-corrected chi connectivity index (χ4v) is 4.01. The van der Waals surface area contributed by atoms with Crippen molar-refractivity contribution >= 4 is 22.8 Å². The highest BCUT2D eigenvalue weighted by Crippen LogP contribution is 2.37. The monoisotopic (exact) mass is 412 g/mol. The molecule has 2 fully saturated rings. The SMILES string of the molecule is CCOC(=O)c1cn(C2CC2)c2nc(N3CCC(n4ccnn4)C3)c(F)cc2c1=O. The summed E-state index contributed by atoms with van der Waals surface area (Å²) in [6, 6.07) is 1.43. The molecule has 0 aromatic carbocycles. The number of fused-ring (bicyclic) bond motifs is 1. The zero-order chi connectivity index (χ0) is 20.8. The van der Waals surface area contributed by atoms with Crippen molar-refractivity contribution in [3.05, 3.63) is 46.3 Å². The van der Waals surface area contributed by atoms with Gasteiger partial charge in [0, 0.05) is 31.5 Å². The van der Waals surface area contributed by atoms with Crippen molar-refractivity contribution < 1.29 is 13.9 Å². The molecular formula is C20H21FN6O3. The lowest BCUT2D eigenvalue weighted by Crippen LogP contribution is -2.25. The molecule has 156 valence electrons. The molecule has 3 aromatic heterocycles. The molecule has 3 aromatic rings. The van der Waals surface area contributed by atoms with Crippen LogP contribution in [0.4, 0.5) is 10.2 Å². The zero-order valence-electron chi connectivity index (χ0n) is 16.5. The van der Waals surface area contributed by atoms with E-state index in [4.69, 9.17) is 4.74 Å². The van der Waals surface area contributed by atoms with Gasteiger partial charge in [0.25, 0.3) is 0 Å². The molecule has 30 heavy (non-hydrogen) atoms. The number of hydrogen-bond donors (Lipinski definition) is 0. The summed E-state index contributed by atoms with van der Waals surface area (Å²) in [6.07, 6.45) is 7.56. The number of rotatable bonds is 5. The van der Waals surface area contributed by atoms with E-state index in [1.807, 2.05) is 9.47 Å². The van der Waals surface area contributed by atoms with Gasteiger partial charge >= 0.3 is 5.97 Å². The number of esters is 1. The number of ether oxygens (including phenoxy) is 1. The smallest absolute Gasteiger partial charge is 0.343 e. The minimum absolute atomic E-state index is 0.0845. The first-order chi connectivity index (χ1) is 14.6. The number of halogens is 1. The summed E-state index contributed by atoms with van der Waals surface area (Å²) in [7, 11) is 0. The second-order valence-electron chi connectivity index (χ2n) is 7.67. The Morgan fingerprint density at radius 3 is 2.83 bits per heavy atom. The van der Waals surface area contributed by atoms with Crippen LogP contribution < -0.4 is 10.3 Å². The predicted octanol–water partition coefficient (Wildman–Crippen LogP) is 2.09. The maximum absolute atomic E-state index is 15.0. The van der Waals surface area contributed by atoms with Gasteiger partial charge in [-0.1, -0.05) is 5.21 Å². The third-order valence-electron chi connectivity index (χ3n) is 5.65. The average Bonchev–Trinajstić information content (AvgIpc) is 3.22. The number of carbonyl (C=O) groups is 1. The maximum Gasteiger partial charge on any atom is 0.343 e. The van der Waals surface area contributed by atoms with Gasteiger partial charge in [-0.25, -0.2) is 18.9 Å². The van der Waals surface area contributed by atoms with Crippen molar-refractivity contribution in [1.29, 1.82) is 0 Å². The van der Waals surface area contributed by atoms with Gasteiger partial charge in [-0.2, -0.15) is 0 Å². The molecule has 1 aliphatic carbocycles. The highest BCUT2D eigenvalue weighted by Gasteiger charge is 2.31. The van der Waals surface area contributed by atoms with E-state index in [-0.39, 0.29) is 35.5 Å². The van der Waals surface area contributed by atoms with Gasteiger partial charge in [-0.05, 0) is 32.3 Å². The van der Waals surface area contributed by atoms with Crippen LogP contribution in [-0.4, -0.2) is 50.2 Å². The quantitative estimate of drug-likeness (QED) is 0.592. The van der Waals surface area contributed by atoms with Gasteiger partial charge in [0.15, 0.2) is 11.6 Å². The lowest BCUT2D eigenvalue weighted by molar-refractivity contribution is 0.0524. The van der Waals surface area contributed by atoms with E-state index in [1.54, 1.807) is 24.0 Å². The van der Waals surface area contributed by atoms with Crippen LogP contribution in [0.3, 0.4) is 0 Å². The third-order valence-corrected chi connectivity index (χ3v) is 5.65. The number of hydrogen-bond acceptors (Lipinski definition) is 7. The zero-order valence-corrected chi connectivity index (χ0v) is 16.5. The summed E-state index contributed by atoms with van der Waals surface area (Å²) in [5.74, 6) is -1.07. The van der Waals surface area contributed by atoms with E-state index in [0.717, 1.165) is 19.3 Å². The van der Waals surface area contributed by atoms with Gasteiger partial charge in [-0.3, -0.25) is 4.79 Å². The first kappa shape index (κ1) is 18.7. The van der Waals surface area contributed by atoms with Gasteiger partial charge in [0.1, 0.15) is 11.2 Å². The first-order valence-corrected chi connectivity index (χ1v) is 10.1. The summed E-state index contributed by atoms with van der Waals surface area (Å²) < 4.78 is 23.6. The van der Waals surface area contributed by atoms with Crippen molar-refractivity contribution in [2.24, 2.45) is 0 Å². The van der Waals surface area contributed by atoms with Crippen LogP contribution in [-0.2, 0) is 4.74 Å². The van der Waals surface area contributed by atoms with Crippen molar-refractivity contribution in [2.75, 3.05) is 24.6 Å². The molecule has 1 saturated carbocycles. The Labute approximate surface area is 171 Å². The minimum atomic E-state index is -0.696. The largest absolute Gasteiger partial charge is 0.462 e. The Kier molecular flexibility index (Phi) is 4.48. The van der Waals surface area contributed by atoms with Crippen LogP contribution in [0.2, 0.25) is 0 Å². The lowest BCUT2D eigenvalue weighted by atomic mass is 10.2. The summed E-state index contributed by atoms with van der Waals surface area (Å²) in [6.45, 7) is 3.00. The van der Waals surface area contributed by atoms with Crippen LogP contribution in [0.25, 0.3) is 11.0 Å². The molecule has 1 aliphatic heterocycles. The third kappa shape index (κ3) is 3.12. The number of nitrogens with zero attached hydrogens (tertiary/aromatic N) is 6. The van der Waals surface area contributed by atoms with Crippen molar-refractivity contribution in [2.45, 2.75) is 38.3 Å². The molecule has 5 rings (SSSR count). The van der Waals surface area contributed by atoms with Gasteiger partial charge in [0.2, 0.25) is 5.43 Å². The van der Waals surface area contributed by atoms with Gasteiger partial charge in [-0.15, -0.1) is 5.10 Å². The molecule has 10 heteroatoms. The van der Waals surface area contributed by atoms with Gasteiger partial charge < -0.3 is 14.2 Å². The molecule has 0 radical (unpaired) electrons. The molecule has 0 bridgehead atoms. The molecule has 2 aliphatic rings. The van der Waals surface area contributed by atoms with Crippen molar-refractivity contribution in [1.82, 2.24) is 24.5 Å². The lowest BCUT2D eigenvalue weighted by Gasteiger charge is -2.20. The Balaban J connectivity index is 1.58. The highest BCUT2D eigenvalue weighted by atomic mass is 19.1. The first-order valence-electron chi connectivity index (χ1n) is 10.1. The van der Waals surface area contributed by atoms with E-state index in [0.29, 0.717) is 18.7 Å². The normalized spacial score (nSPS) is 18.9. The topological polar surface area (TPSA) is 95.1 Å². The standard InChI is InChI=1S/C20H21FN6O3/c1-2-30-20(29)15-11-26(12-3-4-12)18-14(17(15)28)9-16(21)19(23-18)25-7-5-13(10-25)27-8-6-22-24-27/h6,8-9,11-13H,2-5,7,10H2,1H3.